The van der Waals surface area contributed by atoms with Crippen LogP contribution < -0.4 is 10.6 Å². The predicted octanol–water partition coefficient (Wildman–Crippen LogP) is 2.19. The first-order valence-electron chi connectivity index (χ1n) is 6.55. The van der Waals surface area contributed by atoms with Gasteiger partial charge in [0.05, 0.1) is 12.1 Å². The molecular formula is C14H19FN2O2. The Hall–Kier alpha value is -1.62. The maximum Gasteiger partial charge on any atom is 0.315 e. The summed E-state index contributed by atoms with van der Waals surface area (Å²) in [6.07, 6.45) is 2.14. The largest absolute Gasteiger partial charge is 0.376 e. The molecule has 0 radical (unpaired) electrons. The summed E-state index contributed by atoms with van der Waals surface area (Å²) >= 11 is 0. The van der Waals surface area contributed by atoms with Crippen molar-refractivity contribution in [1.82, 2.24) is 10.6 Å². The summed E-state index contributed by atoms with van der Waals surface area (Å²) < 4.78 is 18.2. The fourth-order valence-corrected chi connectivity index (χ4v) is 2.13. The van der Waals surface area contributed by atoms with Crippen molar-refractivity contribution in [2.45, 2.75) is 38.5 Å². The fraction of sp³-hybridized carbons (Fsp3) is 0.500. The molecule has 2 rings (SSSR count). The van der Waals surface area contributed by atoms with Gasteiger partial charge in [0.25, 0.3) is 0 Å². The molecule has 0 bridgehead atoms. The highest BCUT2D eigenvalue weighted by Gasteiger charge is 2.23. The summed E-state index contributed by atoms with van der Waals surface area (Å²) in [5.41, 5.74) is 0.862. The minimum absolute atomic E-state index is 0.00396. The normalized spacial score (nSPS) is 20.0. The van der Waals surface area contributed by atoms with Crippen LogP contribution in [0.3, 0.4) is 0 Å². The van der Waals surface area contributed by atoms with E-state index in [0.29, 0.717) is 6.54 Å². The molecule has 5 heteroatoms. The summed E-state index contributed by atoms with van der Waals surface area (Å²) in [6.45, 7) is 3.09. The van der Waals surface area contributed by atoms with E-state index >= 15 is 0 Å². The smallest absolute Gasteiger partial charge is 0.315 e. The number of hydrogen-bond acceptors (Lipinski definition) is 2. The van der Waals surface area contributed by atoms with E-state index in [1.54, 1.807) is 12.1 Å². The lowest BCUT2D eigenvalue weighted by Gasteiger charge is -2.20. The molecule has 1 aromatic carbocycles. The molecule has 2 atom stereocenters. The number of benzene rings is 1. The average molecular weight is 266 g/mol. The molecule has 0 aliphatic carbocycles. The summed E-state index contributed by atoms with van der Waals surface area (Å²) in [6, 6.07) is 5.83. The molecule has 1 aliphatic rings. The van der Waals surface area contributed by atoms with Crippen LogP contribution in [0.5, 0.6) is 0 Å². The second-order valence-corrected chi connectivity index (χ2v) is 4.79. The van der Waals surface area contributed by atoms with Crippen LogP contribution >= 0.6 is 0 Å². The molecule has 0 aromatic heterocycles. The summed E-state index contributed by atoms with van der Waals surface area (Å²) in [4.78, 5) is 11.7. The van der Waals surface area contributed by atoms with Gasteiger partial charge in [0.1, 0.15) is 5.82 Å². The molecular weight excluding hydrogens is 247 g/mol. The molecule has 1 aliphatic heterocycles. The first-order valence-corrected chi connectivity index (χ1v) is 6.55. The van der Waals surface area contributed by atoms with E-state index < -0.39 is 0 Å². The molecule has 1 heterocycles. The number of urea groups is 1. The number of rotatable bonds is 4. The number of amides is 2. The Labute approximate surface area is 112 Å². The molecule has 2 amide bonds. The van der Waals surface area contributed by atoms with Crippen molar-refractivity contribution in [2.75, 3.05) is 6.61 Å². The van der Waals surface area contributed by atoms with Crippen LogP contribution in [0.2, 0.25) is 0 Å². The van der Waals surface area contributed by atoms with Crippen molar-refractivity contribution in [3.05, 3.63) is 35.6 Å². The van der Waals surface area contributed by atoms with Gasteiger partial charge < -0.3 is 15.4 Å². The second kappa shape index (κ2) is 6.52. The molecule has 1 saturated heterocycles. The minimum atomic E-state index is -0.278. The molecule has 2 N–H and O–H groups in total. The Kier molecular flexibility index (Phi) is 4.74. The van der Waals surface area contributed by atoms with Crippen molar-refractivity contribution in [3.63, 3.8) is 0 Å². The van der Waals surface area contributed by atoms with E-state index in [2.05, 4.69) is 10.6 Å². The van der Waals surface area contributed by atoms with Gasteiger partial charge in [-0.15, -0.1) is 0 Å². The Balaban J connectivity index is 1.73. The van der Waals surface area contributed by atoms with Crippen molar-refractivity contribution < 1.29 is 13.9 Å². The third-order valence-corrected chi connectivity index (χ3v) is 3.25. The Morgan fingerprint density at radius 2 is 2.21 bits per heavy atom. The van der Waals surface area contributed by atoms with Crippen LogP contribution in [0.25, 0.3) is 0 Å². The Bertz CT molecular complexity index is 416. The van der Waals surface area contributed by atoms with E-state index in [1.807, 2.05) is 6.92 Å². The molecule has 1 aromatic rings. The predicted molar refractivity (Wildman–Crippen MR) is 70.2 cm³/mol. The standard InChI is InChI=1S/C14H19FN2O2/c1-10(13-3-2-8-19-13)17-14(18)16-9-11-4-6-12(15)7-5-11/h4-7,10,13H,2-3,8-9H2,1H3,(H2,16,17,18)/t10-,13-/m1/s1. The molecule has 19 heavy (non-hydrogen) atoms. The highest BCUT2D eigenvalue weighted by molar-refractivity contribution is 5.74. The van der Waals surface area contributed by atoms with E-state index in [1.165, 1.54) is 12.1 Å². The monoisotopic (exact) mass is 266 g/mol. The van der Waals surface area contributed by atoms with Gasteiger partial charge in [0.2, 0.25) is 0 Å². The van der Waals surface area contributed by atoms with Gasteiger partial charge >= 0.3 is 6.03 Å². The summed E-state index contributed by atoms with van der Waals surface area (Å²) in [7, 11) is 0. The number of ether oxygens (including phenoxy) is 1. The molecule has 0 saturated carbocycles. The van der Waals surface area contributed by atoms with Crippen LogP contribution in [-0.2, 0) is 11.3 Å². The topological polar surface area (TPSA) is 50.4 Å². The van der Waals surface area contributed by atoms with Crippen molar-refractivity contribution in [2.24, 2.45) is 0 Å². The van der Waals surface area contributed by atoms with Gasteiger partial charge in [-0.05, 0) is 37.5 Å². The van der Waals surface area contributed by atoms with E-state index in [9.17, 15) is 9.18 Å². The van der Waals surface area contributed by atoms with Crippen LogP contribution in [0.15, 0.2) is 24.3 Å². The maximum absolute atomic E-state index is 12.7. The third kappa shape index (κ3) is 4.21. The number of hydrogen-bond donors (Lipinski definition) is 2. The summed E-state index contributed by atoms with van der Waals surface area (Å²) in [5, 5.41) is 5.60. The van der Waals surface area contributed by atoms with Crippen LogP contribution in [0.1, 0.15) is 25.3 Å². The average Bonchev–Trinajstić information content (AvgIpc) is 2.92. The minimum Gasteiger partial charge on any atom is -0.376 e. The SMILES string of the molecule is C[C@@H](NC(=O)NCc1ccc(F)cc1)[C@H]1CCCO1. The number of halogens is 1. The fourth-order valence-electron chi connectivity index (χ4n) is 2.13. The highest BCUT2D eigenvalue weighted by Crippen LogP contribution is 2.15. The first kappa shape index (κ1) is 13.8. The Morgan fingerprint density at radius 1 is 1.47 bits per heavy atom. The van der Waals surface area contributed by atoms with Gasteiger partial charge in [-0.25, -0.2) is 9.18 Å². The van der Waals surface area contributed by atoms with Crippen LogP contribution in [0.4, 0.5) is 9.18 Å². The van der Waals surface area contributed by atoms with Crippen molar-refractivity contribution in [1.29, 1.82) is 0 Å². The molecule has 104 valence electrons. The molecule has 1 fully saturated rings. The highest BCUT2D eigenvalue weighted by atomic mass is 19.1. The van der Waals surface area contributed by atoms with Crippen molar-refractivity contribution in [3.8, 4) is 0 Å². The van der Waals surface area contributed by atoms with Crippen LogP contribution in [0, 0.1) is 5.82 Å². The van der Waals surface area contributed by atoms with Gasteiger partial charge in [0, 0.05) is 13.2 Å². The lowest BCUT2D eigenvalue weighted by molar-refractivity contribution is 0.0860. The number of carbonyl (C=O) groups is 1. The zero-order chi connectivity index (χ0) is 13.7. The number of carbonyl (C=O) groups excluding carboxylic acids is 1. The van der Waals surface area contributed by atoms with E-state index in [4.69, 9.17) is 4.74 Å². The van der Waals surface area contributed by atoms with E-state index in [0.717, 1.165) is 25.0 Å². The quantitative estimate of drug-likeness (QED) is 0.877. The second-order valence-electron chi connectivity index (χ2n) is 4.79. The third-order valence-electron chi connectivity index (χ3n) is 3.25. The van der Waals surface area contributed by atoms with Gasteiger partial charge in [0.15, 0.2) is 0 Å². The van der Waals surface area contributed by atoms with Gasteiger partial charge in [-0.2, -0.15) is 0 Å². The van der Waals surface area contributed by atoms with Crippen LogP contribution in [-0.4, -0.2) is 24.8 Å². The van der Waals surface area contributed by atoms with Crippen molar-refractivity contribution >= 4 is 6.03 Å². The molecule has 4 nitrogen and oxygen atoms in total. The number of nitrogens with one attached hydrogen (secondary N) is 2. The first-order chi connectivity index (χ1) is 9.15. The Morgan fingerprint density at radius 3 is 2.84 bits per heavy atom. The lowest BCUT2D eigenvalue weighted by Crippen LogP contribution is -2.45. The zero-order valence-electron chi connectivity index (χ0n) is 11.0. The molecule has 0 unspecified atom stereocenters. The van der Waals surface area contributed by atoms with Gasteiger partial charge in [-0.3, -0.25) is 0 Å². The van der Waals surface area contributed by atoms with Gasteiger partial charge in [-0.1, -0.05) is 12.1 Å². The maximum atomic E-state index is 12.7. The molecule has 0 spiro atoms. The summed E-state index contributed by atoms with van der Waals surface area (Å²) in [5.74, 6) is -0.278. The zero-order valence-corrected chi connectivity index (χ0v) is 11.0. The lowest BCUT2D eigenvalue weighted by atomic mass is 10.1. The van der Waals surface area contributed by atoms with E-state index in [-0.39, 0.29) is 24.0 Å².